The minimum atomic E-state index is -3.57. The highest BCUT2D eigenvalue weighted by molar-refractivity contribution is 7.89. The molecule has 1 aliphatic rings. The number of hydrogen-bond donors (Lipinski definition) is 2. The van der Waals surface area contributed by atoms with E-state index in [1.807, 2.05) is 13.8 Å². The summed E-state index contributed by atoms with van der Waals surface area (Å²) in [6.45, 7) is 5.48. The van der Waals surface area contributed by atoms with Crippen molar-refractivity contribution >= 4 is 33.2 Å². The van der Waals surface area contributed by atoms with Crippen LogP contribution >= 0.6 is 0 Å². The van der Waals surface area contributed by atoms with E-state index in [1.165, 1.54) is 38.4 Å². The number of hydrogen-bond acceptors (Lipinski definition) is 5. The number of nitrogens with one attached hydrogen (secondary N) is 2. The smallest absolute Gasteiger partial charge is 0.262 e. The molecule has 0 unspecified atom stereocenters. The molecule has 0 bridgehead atoms. The summed E-state index contributed by atoms with van der Waals surface area (Å²) in [5, 5.41) is 5.67. The van der Waals surface area contributed by atoms with Crippen LogP contribution in [0.3, 0.4) is 0 Å². The van der Waals surface area contributed by atoms with Crippen molar-refractivity contribution in [2.24, 2.45) is 0 Å². The second-order valence-corrected chi connectivity index (χ2v) is 9.21. The molecule has 0 radical (unpaired) electrons. The van der Waals surface area contributed by atoms with Crippen LogP contribution in [0.5, 0.6) is 5.75 Å². The zero-order chi connectivity index (χ0) is 21.5. The van der Waals surface area contributed by atoms with Gasteiger partial charge in [0.1, 0.15) is 5.75 Å². The van der Waals surface area contributed by atoms with Crippen molar-refractivity contribution in [3.8, 4) is 5.75 Å². The third kappa shape index (κ3) is 3.70. The van der Waals surface area contributed by atoms with Gasteiger partial charge < -0.3 is 15.4 Å². The molecule has 1 aliphatic heterocycles. The van der Waals surface area contributed by atoms with E-state index in [-0.39, 0.29) is 23.3 Å². The van der Waals surface area contributed by atoms with Crippen LogP contribution in [0.15, 0.2) is 29.2 Å². The SMILES string of the molecule is Cc1c(C)c2c(c(C)c1NC(=O)c1ccc(S(=O)(=O)N(C)C)cc1)NC(=O)CO2. The molecule has 0 fully saturated rings. The molecule has 1 heterocycles. The Bertz CT molecular complexity index is 1110. The Morgan fingerprint density at radius 2 is 1.69 bits per heavy atom. The molecule has 0 aromatic heterocycles. The van der Waals surface area contributed by atoms with E-state index in [1.54, 1.807) is 6.92 Å². The van der Waals surface area contributed by atoms with Crippen LogP contribution in [0.1, 0.15) is 27.0 Å². The van der Waals surface area contributed by atoms with Gasteiger partial charge in [-0.05, 0) is 56.2 Å². The van der Waals surface area contributed by atoms with Crippen molar-refractivity contribution in [3.63, 3.8) is 0 Å². The van der Waals surface area contributed by atoms with Crippen molar-refractivity contribution in [1.82, 2.24) is 4.31 Å². The highest BCUT2D eigenvalue weighted by Gasteiger charge is 2.25. The highest BCUT2D eigenvalue weighted by Crippen LogP contribution is 2.41. The van der Waals surface area contributed by atoms with Crippen LogP contribution in [0.4, 0.5) is 11.4 Å². The van der Waals surface area contributed by atoms with Crippen LogP contribution in [0.25, 0.3) is 0 Å². The average molecular weight is 417 g/mol. The van der Waals surface area contributed by atoms with Crippen molar-refractivity contribution in [2.75, 3.05) is 31.3 Å². The van der Waals surface area contributed by atoms with Gasteiger partial charge in [-0.15, -0.1) is 0 Å². The van der Waals surface area contributed by atoms with Crippen LogP contribution in [-0.4, -0.2) is 45.2 Å². The van der Waals surface area contributed by atoms with Crippen LogP contribution in [-0.2, 0) is 14.8 Å². The minimum absolute atomic E-state index is 0.0410. The van der Waals surface area contributed by atoms with Gasteiger partial charge in [0.15, 0.2) is 6.61 Å². The largest absolute Gasteiger partial charge is 0.481 e. The summed E-state index contributed by atoms with van der Waals surface area (Å²) in [5.41, 5.74) is 3.80. The summed E-state index contributed by atoms with van der Waals surface area (Å²) in [7, 11) is -0.672. The second-order valence-electron chi connectivity index (χ2n) is 7.06. The molecule has 9 heteroatoms. The number of anilines is 2. The third-order valence-electron chi connectivity index (χ3n) is 5.00. The molecule has 0 saturated carbocycles. The quantitative estimate of drug-likeness (QED) is 0.795. The number of amides is 2. The Balaban J connectivity index is 1.93. The zero-order valence-electron chi connectivity index (χ0n) is 16.9. The molecule has 154 valence electrons. The molecule has 3 rings (SSSR count). The summed E-state index contributed by atoms with van der Waals surface area (Å²) >= 11 is 0. The maximum absolute atomic E-state index is 12.8. The number of carbonyl (C=O) groups excluding carboxylic acids is 2. The molecule has 0 atom stereocenters. The number of rotatable bonds is 4. The van der Waals surface area contributed by atoms with Gasteiger partial charge in [-0.3, -0.25) is 9.59 Å². The Labute approximate surface area is 169 Å². The van der Waals surface area contributed by atoms with E-state index in [0.29, 0.717) is 28.3 Å². The van der Waals surface area contributed by atoms with Crippen molar-refractivity contribution in [1.29, 1.82) is 0 Å². The number of carbonyl (C=O) groups is 2. The topological polar surface area (TPSA) is 105 Å². The number of benzene rings is 2. The first-order valence-electron chi connectivity index (χ1n) is 8.94. The summed E-state index contributed by atoms with van der Waals surface area (Å²) in [6.07, 6.45) is 0. The van der Waals surface area contributed by atoms with Crippen LogP contribution < -0.4 is 15.4 Å². The monoisotopic (exact) mass is 417 g/mol. The van der Waals surface area contributed by atoms with Gasteiger partial charge in [0.25, 0.3) is 11.8 Å². The summed E-state index contributed by atoms with van der Waals surface area (Å²) < 4.78 is 31.0. The fraction of sp³-hybridized carbons (Fsp3) is 0.300. The van der Waals surface area contributed by atoms with Crippen LogP contribution in [0.2, 0.25) is 0 Å². The molecular weight excluding hydrogens is 394 g/mol. The zero-order valence-corrected chi connectivity index (χ0v) is 17.7. The maximum Gasteiger partial charge on any atom is 0.262 e. The Morgan fingerprint density at radius 3 is 2.28 bits per heavy atom. The maximum atomic E-state index is 12.8. The van der Waals surface area contributed by atoms with Crippen LogP contribution in [0, 0.1) is 20.8 Å². The average Bonchev–Trinajstić information content (AvgIpc) is 2.69. The van der Waals surface area contributed by atoms with E-state index in [2.05, 4.69) is 10.6 Å². The normalized spacial score (nSPS) is 13.5. The summed E-state index contributed by atoms with van der Waals surface area (Å²) in [4.78, 5) is 24.6. The van der Waals surface area contributed by atoms with Gasteiger partial charge in [-0.25, -0.2) is 12.7 Å². The van der Waals surface area contributed by atoms with Gasteiger partial charge in [-0.2, -0.15) is 0 Å². The first-order valence-corrected chi connectivity index (χ1v) is 10.4. The number of fused-ring (bicyclic) bond motifs is 1. The Morgan fingerprint density at radius 1 is 1.07 bits per heavy atom. The Kier molecular flexibility index (Phi) is 5.38. The highest BCUT2D eigenvalue weighted by atomic mass is 32.2. The van der Waals surface area contributed by atoms with E-state index >= 15 is 0 Å². The molecular formula is C20H23N3O5S. The van der Waals surface area contributed by atoms with Gasteiger partial charge in [0.2, 0.25) is 10.0 Å². The lowest BCUT2D eigenvalue weighted by atomic mass is 9.98. The molecule has 2 aromatic rings. The predicted molar refractivity (Wildman–Crippen MR) is 110 cm³/mol. The van der Waals surface area contributed by atoms with Gasteiger partial charge in [0.05, 0.1) is 10.6 Å². The molecule has 0 saturated heterocycles. The number of nitrogens with zero attached hydrogens (tertiary/aromatic N) is 1. The van der Waals surface area contributed by atoms with E-state index in [9.17, 15) is 18.0 Å². The molecule has 2 amide bonds. The Hall–Kier alpha value is -2.91. The van der Waals surface area contributed by atoms with Gasteiger partial charge >= 0.3 is 0 Å². The number of ether oxygens (including phenoxy) is 1. The fourth-order valence-electron chi connectivity index (χ4n) is 3.13. The third-order valence-corrected chi connectivity index (χ3v) is 6.83. The molecule has 29 heavy (non-hydrogen) atoms. The van der Waals surface area contributed by atoms with Crippen molar-refractivity contribution in [2.45, 2.75) is 25.7 Å². The lowest BCUT2D eigenvalue weighted by Gasteiger charge is -2.26. The lowest BCUT2D eigenvalue weighted by molar-refractivity contribution is -0.118. The lowest BCUT2D eigenvalue weighted by Crippen LogP contribution is -2.27. The van der Waals surface area contributed by atoms with Crippen molar-refractivity contribution < 1.29 is 22.7 Å². The molecule has 0 aliphatic carbocycles. The van der Waals surface area contributed by atoms with Gasteiger partial charge in [0, 0.05) is 30.9 Å². The van der Waals surface area contributed by atoms with E-state index in [0.717, 1.165) is 15.4 Å². The van der Waals surface area contributed by atoms with Crippen molar-refractivity contribution in [3.05, 3.63) is 46.5 Å². The molecule has 0 spiro atoms. The molecule has 2 N–H and O–H groups in total. The van der Waals surface area contributed by atoms with E-state index < -0.39 is 10.0 Å². The first kappa shape index (κ1) is 20.8. The standard InChI is InChI=1S/C20H23N3O5S/c1-11-12(2)19-18(21-16(24)10-28-19)13(3)17(11)22-20(25)14-6-8-15(9-7-14)29(26,27)23(4)5/h6-9H,10H2,1-5H3,(H,21,24)(H,22,25). The molecule has 2 aromatic carbocycles. The summed E-state index contributed by atoms with van der Waals surface area (Å²) in [5.74, 6) is -0.0259. The second kappa shape index (κ2) is 7.49. The fourth-order valence-corrected chi connectivity index (χ4v) is 4.03. The summed E-state index contributed by atoms with van der Waals surface area (Å²) in [6, 6.07) is 5.73. The first-order chi connectivity index (χ1) is 13.5. The van der Waals surface area contributed by atoms with E-state index in [4.69, 9.17) is 4.74 Å². The van der Waals surface area contributed by atoms with Gasteiger partial charge in [-0.1, -0.05) is 0 Å². The number of sulfonamides is 1. The molecule has 8 nitrogen and oxygen atoms in total. The minimum Gasteiger partial charge on any atom is -0.481 e. The predicted octanol–water partition coefficient (Wildman–Crippen LogP) is 2.45.